The molecule has 3 aromatic rings. The summed E-state index contributed by atoms with van der Waals surface area (Å²) in [6.45, 7) is 2.95. The molecule has 4 rings (SSSR count). The van der Waals surface area contributed by atoms with Gasteiger partial charge in [-0.1, -0.05) is 6.07 Å². The lowest BCUT2D eigenvalue weighted by molar-refractivity contribution is -0.0241. The van der Waals surface area contributed by atoms with Crippen LogP contribution in [0.25, 0.3) is 16.9 Å². The van der Waals surface area contributed by atoms with Gasteiger partial charge in [0, 0.05) is 30.3 Å². The van der Waals surface area contributed by atoms with Crippen LogP contribution in [-0.2, 0) is 20.6 Å². The first-order valence-electron chi connectivity index (χ1n) is 10.7. The van der Waals surface area contributed by atoms with Crippen molar-refractivity contribution < 1.29 is 32.6 Å². The number of aryl methyl sites for hydroxylation is 1. The largest absolute Gasteiger partial charge is 0.465 e. The van der Waals surface area contributed by atoms with Crippen molar-refractivity contribution in [3.05, 3.63) is 58.9 Å². The van der Waals surface area contributed by atoms with Crippen molar-refractivity contribution in [3.8, 4) is 11.3 Å². The highest BCUT2D eigenvalue weighted by molar-refractivity contribution is 5.90. The second kappa shape index (κ2) is 9.76. The zero-order chi connectivity index (χ0) is 24.4. The number of hydrogen-bond donors (Lipinski definition) is 0. The van der Waals surface area contributed by atoms with Gasteiger partial charge < -0.3 is 23.5 Å². The van der Waals surface area contributed by atoms with E-state index in [0.717, 1.165) is 16.8 Å². The minimum absolute atomic E-state index is 0.126. The van der Waals surface area contributed by atoms with Crippen molar-refractivity contribution in [1.29, 1.82) is 0 Å². The number of carbonyl (C=O) groups is 2. The summed E-state index contributed by atoms with van der Waals surface area (Å²) in [6, 6.07) is 7.84. The predicted octanol–water partition coefficient (Wildman–Crippen LogP) is 4.04. The number of halogens is 2. The second-order valence-electron chi connectivity index (χ2n) is 8.03. The molecule has 1 aliphatic heterocycles. The third-order valence-electron chi connectivity index (χ3n) is 5.90. The van der Waals surface area contributed by atoms with Crippen molar-refractivity contribution in [2.45, 2.75) is 25.9 Å². The second-order valence-corrected chi connectivity index (χ2v) is 8.03. The summed E-state index contributed by atoms with van der Waals surface area (Å²) in [4.78, 5) is 30.2. The molecule has 1 atom stereocenters. The number of amides is 1. The fraction of sp³-hybridized carbons (Fsp3) is 0.375. The molecule has 0 radical (unpaired) electrons. The molecule has 1 aliphatic rings. The van der Waals surface area contributed by atoms with E-state index in [1.54, 1.807) is 33.7 Å². The molecular weight excluding hydrogens is 448 g/mol. The van der Waals surface area contributed by atoms with Gasteiger partial charge in [0.05, 0.1) is 50.4 Å². The Kier molecular flexibility index (Phi) is 6.78. The first-order valence-corrected chi connectivity index (χ1v) is 10.7. The van der Waals surface area contributed by atoms with Gasteiger partial charge in [0.25, 0.3) is 6.43 Å². The predicted molar refractivity (Wildman–Crippen MR) is 119 cm³/mol. The zero-order valence-electron chi connectivity index (χ0n) is 19.1. The number of alkyl halides is 2. The van der Waals surface area contributed by atoms with Crippen molar-refractivity contribution in [2.75, 3.05) is 33.9 Å². The van der Waals surface area contributed by atoms with E-state index < -0.39 is 18.5 Å². The Morgan fingerprint density at radius 1 is 1.21 bits per heavy atom. The summed E-state index contributed by atoms with van der Waals surface area (Å²) in [7, 11) is 2.64. The Morgan fingerprint density at radius 2 is 2.00 bits per heavy atom. The third-order valence-corrected chi connectivity index (χ3v) is 5.90. The van der Waals surface area contributed by atoms with Gasteiger partial charge in [-0.3, -0.25) is 0 Å². The third kappa shape index (κ3) is 4.58. The van der Waals surface area contributed by atoms with Crippen LogP contribution in [0.1, 0.15) is 33.6 Å². The maximum Gasteiger partial charge on any atom is 0.409 e. The summed E-state index contributed by atoms with van der Waals surface area (Å²) < 4.78 is 43.9. The Hall–Kier alpha value is -3.53. The quantitative estimate of drug-likeness (QED) is 0.520. The van der Waals surface area contributed by atoms with Crippen LogP contribution in [0.15, 0.2) is 36.5 Å². The zero-order valence-corrected chi connectivity index (χ0v) is 19.1. The monoisotopic (exact) mass is 473 g/mol. The number of morpholine rings is 1. The molecule has 0 bridgehead atoms. The molecule has 1 amide bonds. The summed E-state index contributed by atoms with van der Waals surface area (Å²) in [5.41, 5.74) is 3.53. The molecule has 0 unspecified atom stereocenters. The highest BCUT2D eigenvalue weighted by atomic mass is 19.3. The Morgan fingerprint density at radius 3 is 2.68 bits per heavy atom. The smallest absolute Gasteiger partial charge is 0.409 e. The summed E-state index contributed by atoms with van der Waals surface area (Å²) >= 11 is 0. The van der Waals surface area contributed by atoms with Gasteiger partial charge in [0.15, 0.2) is 0 Å². The number of rotatable bonds is 5. The maximum atomic E-state index is 13.3. The molecule has 1 aromatic carbocycles. The number of benzene rings is 1. The molecule has 1 fully saturated rings. The number of fused-ring (bicyclic) bond motifs is 1. The van der Waals surface area contributed by atoms with Crippen molar-refractivity contribution in [1.82, 2.24) is 14.3 Å². The first-order chi connectivity index (χ1) is 16.3. The minimum atomic E-state index is -2.62. The van der Waals surface area contributed by atoms with E-state index in [4.69, 9.17) is 14.2 Å². The normalized spacial score (nSPS) is 16.2. The molecule has 0 N–H and O–H groups in total. The lowest BCUT2D eigenvalue weighted by atomic mass is 9.99. The Balaban J connectivity index is 1.77. The van der Waals surface area contributed by atoms with Crippen molar-refractivity contribution >= 4 is 17.7 Å². The standard InChI is InChI=1S/C24H25F2N3O5/c1-14-10-16(23(30)32-2)4-5-18(14)21-19(12-17-13-28(8-9-34-17)24(31)33-3)29-7-6-15(22(25)26)11-20(29)27-21/h4-7,10-11,17,22H,8-9,12-13H2,1-3H3/t17-/m0/s1. The van der Waals surface area contributed by atoms with Crippen molar-refractivity contribution in [2.24, 2.45) is 0 Å². The molecule has 8 nitrogen and oxygen atoms in total. The molecule has 0 saturated carbocycles. The lowest BCUT2D eigenvalue weighted by Crippen LogP contribution is -2.46. The lowest BCUT2D eigenvalue weighted by Gasteiger charge is -2.32. The highest BCUT2D eigenvalue weighted by Gasteiger charge is 2.28. The van der Waals surface area contributed by atoms with Gasteiger partial charge in [-0.15, -0.1) is 0 Å². The molecule has 1 saturated heterocycles. The van der Waals surface area contributed by atoms with E-state index >= 15 is 0 Å². The number of pyridine rings is 1. The van der Waals surface area contributed by atoms with E-state index in [9.17, 15) is 18.4 Å². The van der Waals surface area contributed by atoms with Crippen LogP contribution in [0.3, 0.4) is 0 Å². The average molecular weight is 473 g/mol. The van der Waals surface area contributed by atoms with Crippen LogP contribution in [0.5, 0.6) is 0 Å². The van der Waals surface area contributed by atoms with Crippen LogP contribution in [0.2, 0.25) is 0 Å². The van der Waals surface area contributed by atoms with Crippen LogP contribution < -0.4 is 0 Å². The Labute approximate surface area is 195 Å². The number of hydrogen-bond acceptors (Lipinski definition) is 6. The minimum Gasteiger partial charge on any atom is -0.465 e. The number of esters is 1. The molecular formula is C24H25F2N3O5. The summed E-state index contributed by atoms with van der Waals surface area (Å²) in [5, 5.41) is 0. The van der Waals surface area contributed by atoms with E-state index in [1.807, 2.05) is 6.92 Å². The molecule has 0 aliphatic carbocycles. The van der Waals surface area contributed by atoms with E-state index in [0.29, 0.717) is 43.0 Å². The average Bonchev–Trinajstić information content (AvgIpc) is 3.20. The molecule has 10 heteroatoms. The van der Waals surface area contributed by atoms with Crippen LogP contribution in [0.4, 0.5) is 13.6 Å². The van der Waals surface area contributed by atoms with Gasteiger partial charge >= 0.3 is 12.1 Å². The number of ether oxygens (including phenoxy) is 3. The number of methoxy groups -OCH3 is 2. The van der Waals surface area contributed by atoms with E-state index in [1.165, 1.54) is 26.4 Å². The fourth-order valence-corrected chi connectivity index (χ4v) is 4.19. The summed E-state index contributed by atoms with van der Waals surface area (Å²) in [6.07, 6.45) is -1.43. The molecule has 2 aromatic heterocycles. The van der Waals surface area contributed by atoms with Crippen molar-refractivity contribution in [3.63, 3.8) is 0 Å². The topological polar surface area (TPSA) is 82.4 Å². The Bertz CT molecular complexity index is 1230. The van der Waals surface area contributed by atoms with Crippen LogP contribution >= 0.6 is 0 Å². The first kappa shape index (κ1) is 23.6. The molecule has 180 valence electrons. The molecule has 0 spiro atoms. The van der Waals surface area contributed by atoms with Crippen LogP contribution in [0, 0.1) is 6.92 Å². The number of nitrogens with zero attached hydrogens (tertiary/aromatic N) is 3. The van der Waals surface area contributed by atoms with Gasteiger partial charge in [0.1, 0.15) is 5.65 Å². The molecule has 34 heavy (non-hydrogen) atoms. The summed E-state index contributed by atoms with van der Waals surface area (Å²) in [5.74, 6) is -0.454. The van der Waals surface area contributed by atoms with Gasteiger partial charge in [-0.05, 0) is 36.8 Å². The maximum absolute atomic E-state index is 13.3. The van der Waals surface area contributed by atoms with Gasteiger partial charge in [0.2, 0.25) is 0 Å². The number of carbonyl (C=O) groups excluding carboxylic acids is 2. The van der Waals surface area contributed by atoms with Crippen LogP contribution in [-0.4, -0.2) is 66.4 Å². The van der Waals surface area contributed by atoms with Gasteiger partial charge in [-0.25, -0.2) is 23.4 Å². The van der Waals surface area contributed by atoms with Gasteiger partial charge in [-0.2, -0.15) is 0 Å². The fourth-order valence-electron chi connectivity index (χ4n) is 4.19. The van der Waals surface area contributed by atoms with E-state index in [2.05, 4.69) is 4.98 Å². The highest BCUT2D eigenvalue weighted by Crippen LogP contribution is 2.31. The van der Waals surface area contributed by atoms with E-state index in [-0.39, 0.29) is 11.7 Å². The number of imidazole rings is 1. The molecule has 3 heterocycles. The number of aromatic nitrogens is 2. The SMILES string of the molecule is COC(=O)c1ccc(-c2nc3cc(C(F)F)ccn3c2C[C@H]2CN(C(=O)OC)CCO2)c(C)c1.